The van der Waals surface area contributed by atoms with E-state index in [-0.39, 0.29) is 23.8 Å². The number of amides is 1. The van der Waals surface area contributed by atoms with E-state index in [0.29, 0.717) is 18.2 Å². The van der Waals surface area contributed by atoms with Crippen molar-refractivity contribution in [1.82, 2.24) is 10.2 Å². The highest BCUT2D eigenvalue weighted by atomic mass is 32.2. The molecule has 1 amide bonds. The van der Waals surface area contributed by atoms with Crippen molar-refractivity contribution >= 4 is 33.5 Å². The predicted octanol–water partition coefficient (Wildman–Crippen LogP) is -1.25. The third-order valence-corrected chi connectivity index (χ3v) is 5.96. The molecule has 0 aromatic heterocycles. The van der Waals surface area contributed by atoms with E-state index < -0.39 is 27.9 Å². The number of rotatable bonds is 3. The van der Waals surface area contributed by atoms with E-state index in [1.165, 1.54) is 16.7 Å². The van der Waals surface area contributed by atoms with Crippen LogP contribution in [0, 0.1) is 0 Å². The summed E-state index contributed by atoms with van der Waals surface area (Å²) in [6, 6.07) is -1.20. The van der Waals surface area contributed by atoms with Gasteiger partial charge in [0.25, 0.3) is 0 Å². The number of carbonyl (C=O) groups excluding carboxylic acids is 1. The topological polar surface area (TPSA) is 104 Å². The van der Waals surface area contributed by atoms with Crippen LogP contribution in [0.3, 0.4) is 0 Å². The normalized spacial score (nSPS) is 30.2. The average molecular weight is 308 g/mol. The van der Waals surface area contributed by atoms with Gasteiger partial charge in [0.2, 0.25) is 5.91 Å². The molecule has 2 aliphatic heterocycles. The quantitative estimate of drug-likeness (QED) is 0.671. The second-order valence-electron chi connectivity index (χ2n) is 4.69. The number of nitrogens with one attached hydrogen (secondary N) is 1. The molecule has 9 heteroatoms. The van der Waals surface area contributed by atoms with Crippen molar-refractivity contribution in [3.8, 4) is 0 Å². The third kappa shape index (κ3) is 3.61. The summed E-state index contributed by atoms with van der Waals surface area (Å²) in [6.07, 6.45) is 0.0313. The number of hydrogen-bond donors (Lipinski definition) is 2. The highest BCUT2D eigenvalue weighted by molar-refractivity contribution is 7.99. The van der Waals surface area contributed by atoms with Crippen LogP contribution in [-0.4, -0.2) is 72.1 Å². The molecule has 2 rings (SSSR count). The van der Waals surface area contributed by atoms with Gasteiger partial charge in [-0.1, -0.05) is 0 Å². The second kappa shape index (κ2) is 5.68. The minimum absolute atomic E-state index is 0.0313. The molecule has 2 N–H and O–H groups in total. The summed E-state index contributed by atoms with van der Waals surface area (Å²) < 4.78 is 22.9. The lowest BCUT2D eigenvalue weighted by atomic mass is 10.2. The Hall–Kier alpha value is -0.800. The Morgan fingerprint density at radius 2 is 2.16 bits per heavy atom. The molecule has 0 aliphatic carbocycles. The first-order valence-corrected chi connectivity index (χ1v) is 8.90. The zero-order valence-corrected chi connectivity index (χ0v) is 11.9. The summed E-state index contributed by atoms with van der Waals surface area (Å²) in [5.41, 5.74) is 0. The highest BCUT2D eigenvalue weighted by Crippen LogP contribution is 2.22. The van der Waals surface area contributed by atoms with Crippen LogP contribution in [0.25, 0.3) is 0 Å². The van der Waals surface area contributed by atoms with Crippen LogP contribution in [0.4, 0.5) is 0 Å². The fourth-order valence-corrected chi connectivity index (χ4v) is 4.84. The molecule has 0 aromatic carbocycles. The first-order chi connectivity index (χ1) is 8.89. The Balaban J connectivity index is 1.95. The SMILES string of the molecule is O=C(O)[C@@H]1CSCN1C(=O)CC1CS(=O)(=O)CCN1. The number of carbonyl (C=O) groups is 2. The molecule has 2 heterocycles. The molecular formula is C10H16N2O5S2. The maximum absolute atomic E-state index is 12.1. The molecule has 0 radical (unpaired) electrons. The van der Waals surface area contributed by atoms with Crippen LogP contribution in [0.2, 0.25) is 0 Å². The molecule has 0 spiro atoms. The Kier molecular flexibility index (Phi) is 4.36. The van der Waals surface area contributed by atoms with Gasteiger partial charge in [-0.05, 0) is 0 Å². The molecule has 0 saturated carbocycles. The van der Waals surface area contributed by atoms with Gasteiger partial charge in [0.1, 0.15) is 6.04 Å². The van der Waals surface area contributed by atoms with Gasteiger partial charge in [-0.25, -0.2) is 13.2 Å². The fraction of sp³-hybridized carbons (Fsp3) is 0.800. The van der Waals surface area contributed by atoms with Crippen LogP contribution in [0.1, 0.15) is 6.42 Å². The van der Waals surface area contributed by atoms with Crippen molar-refractivity contribution in [3.63, 3.8) is 0 Å². The lowest BCUT2D eigenvalue weighted by Gasteiger charge is -2.26. The third-order valence-electron chi connectivity index (χ3n) is 3.21. The molecule has 2 saturated heterocycles. The minimum atomic E-state index is -3.09. The lowest BCUT2D eigenvalue weighted by molar-refractivity contribution is -0.147. The number of hydrogen-bond acceptors (Lipinski definition) is 6. The Bertz CT molecular complexity index is 478. The molecule has 2 fully saturated rings. The number of carboxylic acid groups (broad SMARTS) is 1. The molecular weight excluding hydrogens is 292 g/mol. The van der Waals surface area contributed by atoms with E-state index in [9.17, 15) is 18.0 Å². The number of thioether (sulfide) groups is 1. The monoisotopic (exact) mass is 308 g/mol. The molecule has 0 bridgehead atoms. The standard InChI is InChI=1S/C10H16N2O5S2/c13-9(12-6-18-4-8(12)10(14)15)3-7-5-19(16,17)2-1-11-7/h7-8,11H,1-6H2,(H,14,15)/t7?,8-/m0/s1. The van der Waals surface area contributed by atoms with Crippen LogP contribution >= 0.6 is 11.8 Å². The molecule has 19 heavy (non-hydrogen) atoms. The van der Waals surface area contributed by atoms with Crippen LogP contribution < -0.4 is 5.32 Å². The van der Waals surface area contributed by atoms with Gasteiger partial charge >= 0.3 is 5.97 Å². The van der Waals surface area contributed by atoms with Crippen molar-refractivity contribution in [2.24, 2.45) is 0 Å². The first kappa shape index (κ1) is 14.6. The second-order valence-corrected chi connectivity index (χ2v) is 7.92. The number of sulfone groups is 1. The Morgan fingerprint density at radius 3 is 2.79 bits per heavy atom. The summed E-state index contributed by atoms with van der Waals surface area (Å²) in [7, 11) is -3.09. The average Bonchev–Trinajstić information content (AvgIpc) is 2.76. The maximum atomic E-state index is 12.1. The van der Waals surface area contributed by atoms with E-state index in [2.05, 4.69) is 5.32 Å². The molecule has 2 aliphatic rings. The van der Waals surface area contributed by atoms with E-state index >= 15 is 0 Å². The number of carboxylic acids is 1. The summed E-state index contributed by atoms with van der Waals surface area (Å²) in [4.78, 5) is 24.4. The molecule has 108 valence electrons. The Labute approximate surface area is 115 Å². The summed E-state index contributed by atoms with van der Waals surface area (Å²) in [6.45, 7) is 0.345. The predicted molar refractivity (Wildman–Crippen MR) is 70.7 cm³/mol. The highest BCUT2D eigenvalue weighted by Gasteiger charge is 2.36. The van der Waals surface area contributed by atoms with Crippen molar-refractivity contribution in [3.05, 3.63) is 0 Å². The van der Waals surface area contributed by atoms with Gasteiger partial charge in [0.15, 0.2) is 9.84 Å². The summed E-state index contributed by atoms with van der Waals surface area (Å²) in [5.74, 6) is -0.534. The minimum Gasteiger partial charge on any atom is -0.480 e. The van der Waals surface area contributed by atoms with Crippen molar-refractivity contribution < 1.29 is 23.1 Å². The van der Waals surface area contributed by atoms with Crippen LogP contribution in [0.5, 0.6) is 0 Å². The molecule has 1 unspecified atom stereocenters. The van der Waals surface area contributed by atoms with Gasteiger partial charge in [-0.3, -0.25) is 4.79 Å². The lowest BCUT2D eigenvalue weighted by Crippen LogP contribution is -2.49. The van der Waals surface area contributed by atoms with Crippen molar-refractivity contribution in [2.75, 3.05) is 29.7 Å². The van der Waals surface area contributed by atoms with Gasteiger partial charge < -0.3 is 15.3 Å². The van der Waals surface area contributed by atoms with Crippen molar-refractivity contribution in [1.29, 1.82) is 0 Å². The zero-order chi connectivity index (χ0) is 14.0. The van der Waals surface area contributed by atoms with Gasteiger partial charge in [-0.2, -0.15) is 0 Å². The summed E-state index contributed by atoms with van der Waals surface area (Å²) in [5, 5.41) is 12.0. The smallest absolute Gasteiger partial charge is 0.327 e. The van der Waals surface area contributed by atoms with Crippen LogP contribution in [-0.2, 0) is 19.4 Å². The van der Waals surface area contributed by atoms with Gasteiger partial charge in [0.05, 0.1) is 17.4 Å². The van der Waals surface area contributed by atoms with E-state index in [0.717, 1.165) is 0 Å². The van der Waals surface area contributed by atoms with Gasteiger partial charge in [-0.15, -0.1) is 11.8 Å². The van der Waals surface area contributed by atoms with E-state index in [1.54, 1.807) is 0 Å². The zero-order valence-electron chi connectivity index (χ0n) is 10.2. The fourth-order valence-electron chi connectivity index (χ4n) is 2.22. The largest absolute Gasteiger partial charge is 0.480 e. The van der Waals surface area contributed by atoms with Crippen LogP contribution in [0.15, 0.2) is 0 Å². The molecule has 2 atom stereocenters. The Morgan fingerprint density at radius 1 is 1.42 bits per heavy atom. The van der Waals surface area contributed by atoms with Gasteiger partial charge in [0, 0.05) is 24.8 Å². The maximum Gasteiger partial charge on any atom is 0.327 e. The summed E-state index contributed by atoms with van der Waals surface area (Å²) >= 11 is 1.39. The van der Waals surface area contributed by atoms with E-state index in [1.807, 2.05) is 0 Å². The first-order valence-electron chi connectivity index (χ1n) is 5.93. The van der Waals surface area contributed by atoms with E-state index in [4.69, 9.17) is 5.11 Å². The number of nitrogens with zero attached hydrogens (tertiary/aromatic N) is 1. The molecule has 7 nitrogen and oxygen atoms in total. The number of aliphatic carboxylic acids is 1. The van der Waals surface area contributed by atoms with Crippen molar-refractivity contribution in [2.45, 2.75) is 18.5 Å². The molecule has 0 aromatic rings.